The molecule has 0 aromatic heterocycles. The number of rotatable bonds is 5. The van der Waals surface area contributed by atoms with Crippen LogP contribution in [0.4, 0.5) is 13.2 Å². The van der Waals surface area contributed by atoms with Gasteiger partial charge in [-0.3, -0.25) is 9.59 Å². The minimum atomic E-state index is -4.41. The predicted molar refractivity (Wildman–Crippen MR) is 88.8 cm³/mol. The second-order valence-corrected chi connectivity index (χ2v) is 5.64. The molecular formula is C18H17F3N2O3. The van der Waals surface area contributed by atoms with Gasteiger partial charge >= 0.3 is 6.18 Å². The first-order valence-corrected chi connectivity index (χ1v) is 7.53. The first-order chi connectivity index (χ1) is 12.1. The van der Waals surface area contributed by atoms with Crippen molar-refractivity contribution in [1.29, 1.82) is 0 Å². The van der Waals surface area contributed by atoms with Crippen LogP contribution in [0.2, 0.25) is 0 Å². The number of carbonyl (C=O) groups excluding carboxylic acids is 2. The Morgan fingerprint density at radius 2 is 1.73 bits per heavy atom. The van der Waals surface area contributed by atoms with Gasteiger partial charge in [-0.25, -0.2) is 0 Å². The Labute approximate surface area is 148 Å². The van der Waals surface area contributed by atoms with Crippen molar-refractivity contribution in [3.8, 4) is 5.75 Å². The smallest absolute Gasteiger partial charge is 0.416 e. The molecule has 2 rings (SSSR count). The number of alkyl halides is 3. The Bertz CT molecular complexity index is 817. The molecule has 26 heavy (non-hydrogen) atoms. The van der Waals surface area contributed by atoms with Crippen molar-refractivity contribution in [2.75, 3.05) is 14.2 Å². The van der Waals surface area contributed by atoms with E-state index in [0.29, 0.717) is 5.56 Å². The maximum atomic E-state index is 12.6. The van der Waals surface area contributed by atoms with E-state index in [9.17, 15) is 22.8 Å². The lowest BCUT2D eigenvalue weighted by molar-refractivity contribution is -0.137. The molecule has 0 aliphatic rings. The monoisotopic (exact) mass is 366 g/mol. The summed E-state index contributed by atoms with van der Waals surface area (Å²) in [4.78, 5) is 25.3. The van der Waals surface area contributed by atoms with E-state index in [1.165, 1.54) is 49.4 Å². The number of hydrogen-bond acceptors (Lipinski definition) is 3. The molecule has 0 fully saturated rings. The third-order valence-electron chi connectivity index (χ3n) is 3.76. The van der Waals surface area contributed by atoms with E-state index >= 15 is 0 Å². The largest absolute Gasteiger partial charge is 0.496 e. The van der Waals surface area contributed by atoms with Crippen LogP contribution in [-0.2, 0) is 12.7 Å². The molecule has 0 spiro atoms. The normalized spacial score (nSPS) is 11.1. The molecule has 0 aliphatic heterocycles. The number of carbonyl (C=O) groups is 2. The average molecular weight is 366 g/mol. The van der Waals surface area contributed by atoms with Crippen molar-refractivity contribution in [2.45, 2.75) is 12.7 Å². The zero-order valence-corrected chi connectivity index (χ0v) is 14.1. The van der Waals surface area contributed by atoms with E-state index in [4.69, 9.17) is 10.5 Å². The van der Waals surface area contributed by atoms with Crippen LogP contribution < -0.4 is 10.5 Å². The summed E-state index contributed by atoms with van der Waals surface area (Å²) in [6.45, 7) is 0.0842. The van der Waals surface area contributed by atoms with E-state index in [1.807, 2.05) is 0 Å². The molecule has 0 bridgehead atoms. The lowest BCUT2D eigenvalue weighted by atomic mass is 10.1. The van der Waals surface area contributed by atoms with Gasteiger partial charge in [-0.15, -0.1) is 0 Å². The van der Waals surface area contributed by atoms with E-state index in [2.05, 4.69) is 0 Å². The summed E-state index contributed by atoms with van der Waals surface area (Å²) in [6.07, 6.45) is -4.41. The van der Waals surface area contributed by atoms with Crippen LogP contribution in [0.25, 0.3) is 0 Å². The molecular weight excluding hydrogens is 349 g/mol. The van der Waals surface area contributed by atoms with Gasteiger partial charge < -0.3 is 15.4 Å². The zero-order chi connectivity index (χ0) is 19.5. The number of amides is 2. The maximum absolute atomic E-state index is 12.6. The molecule has 0 saturated carbocycles. The van der Waals surface area contributed by atoms with Crippen LogP contribution in [-0.4, -0.2) is 30.9 Å². The molecule has 2 aromatic rings. The van der Waals surface area contributed by atoms with Crippen molar-refractivity contribution in [1.82, 2.24) is 4.90 Å². The molecule has 5 nitrogen and oxygen atoms in total. The highest BCUT2D eigenvalue weighted by molar-refractivity contribution is 6.01. The molecule has 0 aliphatic carbocycles. The molecule has 0 radical (unpaired) electrons. The van der Waals surface area contributed by atoms with Gasteiger partial charge in [0, 0.05) is 19.2 Å². The standard InChI is InChI=1S/C18H17F3N2O3/c1-23(10-11-3-6-13(7-4-11)18(19,20)21)17(25)14-9-12(16(22)24)5-8-15(14)26-2/h3-9H,10H2,1-2H3,(H2,22,24). The molecule has 138 valence electrons. The Hall–Kier alpha value is -3.03. The van der Waals surface area contributed by atoms with E-state index in [-0.39, 0.29) is 23.4 Å². The van der Waals surface area contributed by atoms with Crippen LogP contribution >= 0.6 is 0 Å². The van der Waals surface area contributed by atoms with Crippen molar-refractivity contribution >= 4 is 11.8 Å². The SMILES string of the molecule is COc1ccc(C(N)=O)cc1C(=O)N(C)Cc1ccc(C(F)(F)F)cc1. The Balaban J connectivity index is 2.22. The summed E-state index contributed by atoms with van der Waals surface area (Å²) in [5, 5.41) is 0. The number of benzene rings is 2. The van der Waals surface area contributed by atoms with Gasteiger partial charge in [-0.05, 0) is 35.9 Å². The third-order valence-corrected chi connectivity index (χ3v) is 3.76. The molecule has 8 heteroatoms. The Morgan fingerprint density at radius 3 is 2.23 bits per heavy atom. The average Bonchev–Trinajstić information content (AvgIpc) is 2.60. The fourth-order valence-electron chi connectivity index (χ4n) is 2.38. The lowest BCUT2D eigenvalue weighted by Gasteiger charge is -2.19. The van der Waals surface area contributed by atoms with Crippen LogP contribution in [0.1, 0.15) is 31.8 Å². The summed E-state index contributed by atoms with van der Waals surface area (Å²) < 4.78 is 42.9. The fourth-order valence-corrected chi connectivity index (χ4v) is 2.38. The summed E-state index contributed by atoms with van der Waals surface area (Å²) in [6, 6.07) is 8.76. The third kappa shape index (κ3) is 4.33. The van der Waals surface area contributed by atoms with Crippen LogP contribution in [0, 0.1) is 0 Å². The fraction of sp³-hybridized carbons (Fsp3) is 0.222. The summed E-state index contributed by atoms with van der Waals surface area (Å²) in [7, 11) is 2.88. The number of methoxy groups -OCH3 is 1. The summed E-state index contributed by atoms with van der Waals surface area (Å²) in [5.74, 6) is -0.879. The van der Waals surface area contributed by atoms with Gasteiger partial charge in [0.05, 0.1) is 18.2 Å². The molecule has 0 unspecified atom stereocenters. The van der Waals surface area contributed by atoms with Crippen molar-refractivity contribution in [3.05, 3.63) is 64.7 Å². The zero-order valence-electron chi connectivity index (χ0n) is 14.1. The lowest BCUT2D eigenvalue weighted by Crippen LogP contribution is -2.27. The van der Waals surface area contributed by atoms with Crippen molar-refractivity contribution in [2.24, 2.45) is 5.73 Å². The molecule has 2 amide bonds. The van der Waals surface area contributed by atoms with Gasteiger partial charge in [-0.1, -0.05) is 12.1 Å². The van der Waals surface area contributed by atoms with Crippen molar-refractivity contribution in [3.63, 3.8) is 0 Å². The second-order valence-electron chi connectivity index (χ2n) is 5.64. The number of nitrogens with zero attached hydrogens (tertiary/aromatic N) is 1. The number of ether oxygens (including phenoxy) is 1. The predicted octanol–water partition coefficient (Wildman–Crippen LogP) is 3.09. The molecule has 2 N–H and O–H groups in total. The highest BCUT2D eigenvalue weighted by atomic mass is 19.4. The van der Waals surface area contributed by atoms with Crippen LogP contribution in [0.15, 0.2) is 42.5 Å². The molecule has 0 saturated heterocycles. The highest BCUT2D eigenvalue weighted by Crippen LogP contribution is 2.29. The van der Waals surface area contributed by atoms with Gasteiger partial charge in [0.2, 0.25) is 5.91 Å². The van der Waals surface area contributed by atoms with Gasteiger partial charge in [-0.2, -0.15) is 13.2 Å². The summed E-state index contributed by atoms with van der Waals surface area (Å²) >= 11 is 0. The molecule has 2 aromatic carbocycles. The van der Waals surface area contributed by atoms with E-state index < -0.39 is 23.6 Å². The molecule has 0 atom stereocenters. The van der Waals surface area contributed by atoms with Gasteiger partial charge in [0.15, 0.2) is 0 Å². The highest BCUT2D eigenvalue weighted by Gasteiger charge is 2.30. The quantitative estimate of drug-likeness (QED) is 0.884. The minimum absolute atomic E-state index is 0.0842. The Morgan fingerprint density at radius 1 is 1.12 bits per heavy atom. The first-order valence-electron chi connectivity index (χ1n) is 7.53. The van der Waals surface area contributed by atoms with Crippen LogP contribution in [0.3, 0.4) is 0 Å². The van der Waals surface area contributed by atoms with Gasteiger partial charge in [0.25, 0.3) is 5.91 Å². The van der Waals surface area contributed by atoms with E-state index in [1.54, 1.807) is 0 Å². The van der Waals surface area contributed by atoms with Crippen molar-refractivity contribution < 1.29 is 27.5 Å². The van der Waals surface area contributed by atoms with Crippen LogP contribution in [0.5, 0.6) is 5.75 Å². The maximum Gasteiger partial charge on any atom is 0.416 e. The van der Waals surface area contributed by atoms with Gasteiger partial charge in [0.1, 0.15) is 5.75 Å². The minimum Gasteiger partial charge on any atom is -0.496 e. The summed E-state index contributed by atoms with van der Waals surface area (Å²) in [5.41, 5.74) is 5.28. The number of primary amides is 1. The first kappa shape index (κ1) is 19.3. The number of halogens is 3. The molecule has 0 heterocycles. The van der Waals surface area contributed by atoms with E-state index in [0.717, 1.165) is 12.1 Å². The topological polar surface area (TPSA) is 72.6 Å². The Kier molecular flexibility index (Phi) is 5.54. The second kappa shape index (κ2) is 7.47. The number of hydrogen-bond donors (Lipinski definition) is 1. The number of nitrogens with two attached hydrogens (primary N) is 1.